The van der Waals surface area contributed by atoms with Crippen LogP contribution >= 0.6 is 0 Å². The van der Waals surface area contributed by atoms with Crippen LogP contribution in [-0.4, -0.2) is 23.6 Å². The van der Waals surface area contributed by atoms with Crippen LogP contribution in [0.2, 0.25) is 0 Å². The molecule has 2 atom stereocenters. The van der Waals surface area contributed by atoms with E-state index in [1.165, 1.54) is 12.4 Å². The molecule has 0 aliphatic heterocycles. The van der Waals surface area contributed by atoms with Crippen LogP contribution in [0.5, 0.6) is 0 Å². The van der Waals surface area contributed by atoms with Gasteiger partial charge in [-0.25, -0.2) is 0 Å². The molecule has 3 N–H and O–H groups in total. The molecular formula is C9H16N2O. The van der Waals surface area contributed by atoms with Crippen LogP contribution in [0.25, 0.3) is 0 Å². The number of aliphatic hydroxyl groups is 1. The zero-order valence-electron chi connectivity index (χ0n) is 7.16. The Balaban J connectivity index is 3.67. The van der Waals surface area contributed by atoms with E-state index in [2.05, 4.69) is 6.58 Å². The van der Waals surface area contributed by atoms with Gasteiger partial charge in [0.15, 0.2) is 0 Å². The molecule has 68 valence electrons. The lowest BCUT2D eigenvalue weighted by molar-refractivity contribution is 0.145. The molecule has 0 saturated carbocycles. The van der Waals surface area contributed by atoms with Crippen molar-refractivity contribution in [3.05, 3.63) is 12.7 Å². The maximum Gasteiger partial charge on any atom is 0.0652 e. The first-order valence-corrected chi connectivity index (χ1v) is 4.06. The van der Waals surface area contributed by atoms with Crippen molar-refractivity contribution in [2.75, 3.05) is 0 Å². The quantitative estimate of drug-likeness (QED) is 0.302. The molecule has 0 rings (SSSR count). The fourth-order valence-electron chi connectivity index (χ4n) is 0.958. The summed E-state index contributed by atoms with van der Waals surface area (Å²) in [5.41, 5.74) is 0. The van der Waals surface area contributed by atoms with Gasteiger partial charge in [-0.05, 0) is 25.5 Å². The average Bonchev–Trinajstić information content (AvgIpc) is 2.07. The monoisotopic (exact) mass is 168 g/mol. The van der Waals surface area contributed by atoms with Crippen molar-refractivity contribution in [1.29, 1.82) is 10.8 Å². The maximum atomic E-state index is 9.44. The highest BCUT2D eigenvalue weighted by molar-refractivity contribution is 5.60. The molecule has 12 heavy (non-hydrogen) atoms. The Morgan fingerprint density at radius 2 is 2.08 bits per heavy atom. The predicted octanol–water partition coefficient (Wildman–Crippen LogP) is 1.62. The SMILES string of the molecule is C=CC(C=N)C(O)CCCC=N. The second-order valence-electron chi connectivity index (χ2n) is 2.68. The first kappa shape index (κ1) is 11.0. The van der Waals surface area contributed by atoms with Crippen LogP contribution in [0.3, 0.4) is 0 Å². The van der Waals surface area contributed by atoms with Gasteiger partial charge in [0.1, 0.15) is 0 Å². The third-order valence-corrected chi connectivity index (χ3v) is 1.76. The summed E-state index contributed by atoms with van der Waals surface area (Å²) in [7, 11) is 0. The molecule has 0 aromatic carbocycles. The fraction of sp³-hybridized carbons (Fsp3) is 0.556. The molecule has 3 heteroatoms. The molecule has 2 unspecified atom stereocenters. The van der Waals surface area contributed by atoms with Gasteiger partial charge in [0.25, 0.3) is 0 Å². The standard InChI is InChI=1S/C9H16N2O/c1-2-8(7-11)9(12)5-3-4-6-10/h2,6-12H,1,3-5H2. The molecule has 0 spiro atoms. The molecule has 3 nitrogen and oxygen atoms in total. The summed E-state index contributed by atoms with van der Waals surface area (Å²) in [5, 5.41) is 23.2. The van der Waals surface area contributed by atoms with Crippen LogP contribution < -0.4 is 0 Å². The van der Waals surface area contributed by atoms with E-state index >= 15 is 0 Å². The Morgan fingerprint density at radius 3 is 2.50 bits per heavy atom. The third-order valence-electron chi connectivity index (χ3n) is 1.76. The summed E-state index contributed by atoms with van der Waals surface area (Å²) in [5.74, 6) is -0.240. The predicted molar refractivity (Wildman–Crippen MR) is 51.1 cm³/mol. The highest BCUT2D eigenvalue weighted by Gasteiger charge is 2.11. The summed E-state index contributed by atoms with van der Waals surface area (Å²) in [6.45, 7) is 3.53. The van der Waals surface area contributed by atoms with Crippen molar-refractivity contribution >= 4 is 12.4 Å². The van der Waals surface area contributed by atoms with Gasteiger partial charge >= 0.3 is 0 Å². The van der Waals surface area contributed by atoms with Crippen LogP contribution in [0.15, 0.2) is 12.7 Å². The Labute approximate surface area is 73.1 Å². The van der Waals surface area contributed by atoms with E-state index in [-0.39, 0.29) is 5.92 Å². The Hall–Kier alpha value is -0.960. The summed E-state index contributed by atoms with van der Waals surface area (Å²) in [6, 6.07) is 0. The minimum atomic E-state index is -0.514. The topological polar surface area (TPSA) is 67.9 Å². The van der Waals surface area contributed by atoms with E-state index in [0.29, 0.717) is 12.8 Å². The summed E-state index contributed by atoms with van der Waals surface area (Å²) in [6.07, 6.45) is 5.70. The Bertz CT molecular complexity index is 149. The number of nitrogens with one attached hydrogen (secondary N) is 2. The molecule has 0 fully saturated rings. The first-order valence-electron chi connectivity index (χ1n) is 4.06. The fourth-order valence-corrected chi connectivity index (χ4v) is 0.958. The van der Waals surface area contributed by atoms with Crippen molar-refractivity contribution in [3.63, 3.8) is 0 Å². The lowest BCUT2D eigenvalue weighted by Gasteiger charge is -2.13. The van der Waals surface area contributed by atoms with Crippen LogP contribution in [0, 0.1) is 16.7 Å². The molecule has 0 amide bonds. The molecule has 0 aliphatic rings. The molecule has 0 radical (unpaired) electrons. The van der Waals surface area contributed by atoms with Gasteiger partial charge in [0.2, 0.25) is 0 Å². The second-order valence-corrected chi connectivity index (χ2v) is 2.68. The minimum absolute atomic E-state index is 0.240. The lowest BCUT2D eigenvalue weighted by Crippen LogP contribution is -2.19. The second kappa shape index (κ2) is 6.73. The molecule has 0 aromatic rings. The number of unbranched alkanes of at least 4 members (excludes halogenated alkanes) is 1. The normalized spacial score (nSPS) is 14.8. The molecular weight excluding hydrogens is 152 g/mol. The van der Waals surface area contributed by atoms with E-state index < -0.39 is 6.10 Å². The third kappa shape index (κ3) is 4.03. The van der Waals surface area contributed by atoms with Crippen LogP contribution in [0.4, 0.5) is 0 Å². The van der Waals surface area contributed by atoms with Crippen LogP contribution in [0.1, 0.15) is 19.3 Å². The summed E-state index contributed by atoms with van der Waals surface area (Å²) >= 11 is 0. The number of hydrogen-bond donors (Lipinski definition) is 3. The first-order chi connectivity index (χ1) is 5.76. The lowest BCUT2D eigenvalue weighted by atomic mass is 9.99. The summed E-state index contributed by atoms with van der Waals surface area (Å²) in [4.78, 5) is 0. The summed E-state index contributed by atoms with van der Waals surface area (Å²) < 4.78 is 0. The van der Waals surface area contributed by atoms with Crippen LogP contribution in [-0.2, 0) is 0 Å². The van der Waals surface area contributed by atoms with Gasteiger partial charge < -0.3 is 15.9 Å². The number of rotatable bonds is 7. The van der Waals surface area contributed by atoms with E-state index in [1.54, 1.807) is 6.08 Å². The minimum Gasteiger partial charge on any atom is -0.392 e. The molecule has 0 heterocycles. The van der Waals surface area contributed by atoms with E-state index in [0.717, 1.165) is 6.42 Å². The Kier molecular flexibility index (Phi) is 6.19. The van der Waals surface area contributed by atoms with Gasteiger partial charge in [0.05, 0.1) is 6.10 Å². The van der Waals surface area contributed by atoms with Crippen molar-refractivity contribution in [2.45, 2.75) is 25.4 Å². The van der Waals surface area contributed by atoms with Crippen molar-refractivity contribution in [2.24, 2.45) is 5.92 Å². The Morgan fingerprint density at radius 1 is 1.42 bits per heavy atom. The molecule has 0 saturated heterocycles. The highest BCUT2D eigenvalue weighted by Crippen LogP contribution is 2.09. The van der Waals surface area contributed by atoms with Gasteiger partial charge in [-0.2, -0.15) is 0 Å². The van der Waals surface area contributed by atoms with Crippen molar-refractivity contribution in [1.82, 2.24) is 0 Å². The number of hydrogen-bond acceptors (Lipinski definition) is 3. The zero-order valence-corrected chi connectivity index (χ0v) is 7.16. The van der Waals surface area contributed by atoms with E-state index in [1.807, 2.05) is 0 Å². The highest BCUT2D eigenvalue weighted by atomic mass is 16.3. The smallest absolute Gasteiger partial charge is 0.0652 e. The van der Waals surface area contributed by atoms with E-state index in [4.69, 9.17) is 10.8 Å². The molecule has 0 bridgehead atoms. The largest absolute Gasteiger partial charge is 0.392 e. The average molecular weight is 168 g/mol. The molecule has 0 aliphatic carbocycles. The van der Waals surface area contributed by atoms with E-state index in [9.17, 15) is 5.11 Å². The van der Waals surface area contributed by atoms with Crippen molar-refractivity contribution in [3.8, 4) is 0 Å². The zero-order chi connectivity index (χ0) is 9.40. The van der Waals surface area contributed by atoms with Crippen molar-refractivity contribution < 1.29 is 5.11 Å². The number of aliphatic hydroxyl groups excluding tert-OH is 1. The van der Waals surface area contributed by atoms with Gasteiger partial charge in [-0.3, -0.25) is 0 Å². The van der Waals surface area contributed by atoms with Gasteiger partial charge in [-0.15, -0.1) is 6.58 Å². The maximum absolute atomic E-state index is 9.44. The van der Waals surface area contributed by atoms with Gasteiger partial charge in [0, 0.05) is 12.1 Å². The van der Waals surface area contributed by atoms with Gasteiger partial charge in [-0.1, -0.05) is 6.08 Å². The molecule has 0 aromatic heterocycles.